The van der Waals surface area contributed by atoms with E-state index < -0.39 is 35.9 Å². The molecular weight excluding hydrogens is 831 g/mol. The highest BCUT2D eigenvalue weighted by Gasteiger charge is 2.53. The molecule has 10 rings (SSSR count). The fourth-order valence-electron chi connectivity index (χ4n) is 10.9. The van der Waals surface area contributed by atoms with Gasteiger partial charge in [-0.1, -0.05) is 50.2 Å². The molecule has 16 heteroatoms. The largest absolute Gasteiger partial charge is 0.469 e. The molecule has 0 unspecified atom stereocenters. The molecule has 0 bridgehead atoms. The second kappa shape index (κ2) is 17.5. The molecule has 342 valence electrons. The third-order valence-corrected chi connectivity index (χ3v) is 14.3. The van der Waals surface area contributed by atoms with E-state index in [4.69, 9.17) is 33.7 Å². The van der Waals surface area contributed by atoms with Crippen molar-refractivity contribution < 1.29 is 42.9 Å². The van der Waals surface area contributed by atoms with Crippen molar-refractivity contribution in [1.29, 1.82) is 0 Å². The highest BCUT2D eigenvalue weighted by Crippen LogP contribution is 2.46. The van der Waals surface area contributed by atoms with Crippen molar-refractivity contribution in [3.8, 4) is 22.4 Å². The minimum Gasteiger partial charge on any atom is -0.469 e. The number of benzene rings is 3. The number of amides is 3. The number of H-pyrrole nitrogens is 2. The molecule has 1 aliphatic carbocycles. The topological polar surface area (TPSA) is 190 Å². The molecule has 4 fully saturated rings. The van der Waals surface area contributed by atoms with Crippen LogP contribution in [-0.4, -0.2) is 119 Å². The number of methoxy groups -OCH3 is 2. The van der Waals surface area contributed by atoms with Gasteiger partial charge in [0.25, 0.3) is 0 Å². The molecule has 3 aromatic carbocycles. The van der Waals surface area contributed by atoms with E-state index in [1.807, 2.05) is 23.6 Å². The number of hydrogen-bond acceptors (Lipinski definition) is 11. The monoisotopic (exact) mass is 887 g/mol. The summed E-state index contributed by atoms with van der Waals surface area (Å²) < 4.78 is 27.8. The number of aryl methyl sites for hydroxylation is 2. The van der Waals surface area contributed by atoms with Crippen LogP contribution < -0.4 is 5.32 Å². The normalized spacial score (nSPS) is 21.5. The number of rotatable bonds is 10. The number of carbonyl (C=O) groups excluding carboxylic acids is 4. The minimum atomic E-state index is -0.919. The lowest BCUT2D eigenvalue weighted by Crippen LogP contribution is -2.51. The molecule has 65 heavy (non-hydrogen) atoms. The molecule has 4 atom stereocenters. The number of nitrogens with one attached hydrogen (secondary N) is 3. The van der Waals surface area contributed by atoms with E-state index in [1.165, 1.54) is 19.8 Å². The first-order valence-electron chi connectivity index (χ1n) is 23.1. The SMILES string of the molecule is COC(=O)C[C@H](C(=O)N1CC2(C[C@H]1c1nc3c([nH]1)CCc1cc(-c4ccc5c(ccc6[nH]c([C@@H]7CCCN7C(=O)[C@@H](NC(=O)OC)C(C)C)nc65)c4)ccc1-3)OCCO2)C1CCOCC1. The highest BCUT2D eigenvalue weighted by molar-refractivity contribution is 6.05. The summed E-state index contributed by atoms with van der Waals surface area (Å²) in [6, 6.07) is 15.8. The molecule has 6 heterocycles. The van der Waals surface area contributed by atoms with E-state index in [2.05, 4.69) is 63.8 Å². The fraction of sp³-hybridized carbons (Fsp3) is 0.510. The molecule has 5 aliphatic rings. The van der Waals surface area contributed by atoms with Gasteiger partial charge in [-0.3, -0.25) is 14.4 Å². The average Bonchev–Trinajstić information content (AvgIpc) is 4.19. The van der Waals surface area contributed by atoms with Crippen molar-refractivity contribution in [2.45, 2.75) is 89.1 Å². The maximum Gasteiger partial charge on any atom is 0.407 e. The van der Waals surface area contributed by atoms with Gasteiger partial charge in [-0.25, -0.2) is 14.8 Å². The Bertz CT molecular complexity index is 2640. The fourth-order valence-corrected chi connectivity index (χ4v) is 10.9. The maximum absolute atomic E-state index is 14.6. The van der Waals surface area contributed by atoms with E-state index in [0.717, 1.165) is 81.4 Å². The van der Waals surface area contributed by atoms with Gasteiger partial charge in [0.1, 0.15) is 17.7 Å². The van der Waals surface area contributed by atoms with Gasteiger partial charge in [0.05, 0.1) is 75.1 Å². The zero-order valence-corrected chi connectivity index (χ0v) is 37.4. The third kappa shape index (κ3) is 8.03. The Hall–Kier alpha value is -5.84. The van der Waals surface area contributed by atoms with Crippen molar-refractivity contribution in [3.05, 3.63) is 71.4 Å². The smallest absolute Gasteiger partial charge is 0.407 e. The van der Waals surface area contributed by atoms with E-state index in [-0.39, 0.29) is 42.7 Å². The van der Waals surface area contributed by atoms with E-state index in [0.29, 0.717) is 58.1 Å². The minimum absolute atomic E-state index is 0.0000869. The Kier molecular flexibility index (Phi) is 11.6. The summed E-state index contributed by atoms with van der Waals surface area (Å²) in [7, 11) is 2.66. The number of fused-ring (bicyclic) bond motifs is 6. The lowest BCUT2D eigenvalue weighted by Gasteiger charge is -2.33. The molecule has 3 amide bonds. The van der Waals surface area contributed by atoms with E-state index in [1.54, 1.807) is 0 Å². The molecule has 3 N–H and O–H groups in total. The second-order valence-corrected chi connectivity index (χ2v) is 18.5. The van der Waals surface area contributed by atoms with Crippen LogP contribution in [0, 0.1) is 17.8 Å². The number of aromatic nitrogens is 4. The predicted molar refractivity (Wildman–Crippen MR) is 239 cm³/mol. The van der Waals surface area contributed by atoms with Crippen molar-refractivity contribution in [3.63, 3.8) is 0 Å². The summed E-state index contributed by atoms with van der Waals surface area (Å²) in [6.07, 6.45) is 4.44. The van der Waals surface area contributed by atoms with Crippen molar-refractivity contribution >= 4 is 45.7 Å². The molecule has 4 saturated heterocycles. The number of carbonyl (C=O) groups is 4. The average molecular weight is 888 g/mol. The number of esters is 1. The summed E-state index contributed by atoms with van der Waals surface area (Å²) in [5.41, 5.74) is 8.13. The standard InChI is InChI=1S/C49H57N7O9/c1-27(2)41(54-48(60)62-4)47(59)55-17-5-6-38(55)44-50-36-13-9-31-22-29(7-11-33(31)42(36)52-44)30-8-12-34-32(23-30)10-14-37-43(34)53-45(51-37)39-25-49(64-20-21-65-49)26-56(39)46(58)35(24-40(57)61-3)28-15-18-63-19-16-28/h7-9,11-13,22-23,27-28,35,38-39,41H,5-6,10,14-21,24-26H2,1-4H3,(H,50,52)(H,51,53)(H,54,60)/t35-,38-,39-,41-/m0/s1. The number of alkyl carbamates (subject to hydrolysis) is 1. The Morgan fingerprint density at radius 3 is 2.38 bits per heavy atom. The first kappa shape index (κ1) is 43.1. The van der Waals surface area contributed by atoms with Crippen LogP contribution in [-0.2, 0) is 50.9 Å². The van der Waals surface area contributed by atoms with Crippen LogP contribution in [0.1, 0.15) is 87.4 Å². The number of aromatic amines is 2. The number of imidazole rings is 2. The van der Waals surface area contributed by atoms with Gasteiger partial charge < -0.3 is 48.8 Å². The lowest BCUT2D eigenvalue weighted by molar-refractivity contribution is -0.158. The molecule has 1 spiro atoms. The van der Waals surface area contributed by atoms with Crippen LogP contribution in [0.4, 0.5) is 4.79 Å². The Morgan fingerprint density at radius 2 is 1.62 bits per heavy atom. The van der Waals surface area contributed by atoms with Crippen molar-refractivity contribution in [1.82, 2.24) is 35.1 Å². The summed E-state index contributed by atoms with van der Waals surface area (Å²) in [5.74, 6) is -0.793. The zero-order valence-electron chi connectivity index (χ0n) is 37.4. The summed E-state index contributed by atoms with van der Waals surface area (Å²) in [6.45, 7) is 6.70. The quantitative estimate of drug-likeness (QED) is 0.129. The van der Waals surface area contributed by atoms with E-state index >= 15 is 0 Å². The highest BCUT2D eigenvalue weighted by atomic mass is 16.7. The van der Waals surface area contributed by atoms with Gasteiger partial charge in [-0.15, -0.1) is 0 Å². The summed E-state index contributed by atoms with van der Waals surface area (Å²) in [4.78, 5) is 74.3. The van der Waals surface area contributed by atoms with Crippen molar-refractivity contribution in [2.24, 2.45) is 17.8 Å². The van der Waals surface area contributed by atoms with Gasteiger partial charge in [0.15, 0.2) is 5.79 Å². The lowest BCUT2D eigenvalue weighted by atomic mass is 9.82. The van der Waals surface area contributed by atoms with Crippen LogP contribution >= 0.6 is 0 Å². The van der Waals surface area contributed by atoms with Crippen LogP contribution in [0.25, 0.3) is 44.2 Å². The van der Waals surface area contributed by atoms with E-state index in [9.17, 15) is 19.2 Å². The number of hydrogen-bond donors (Lipinski definition) is 3. The molecular formula is C49H57N7O9. The molecule has 0 radical (unpaired) electrons. The second-order valence-electron chi connectivity index (χ2n) is 18.5. The van der Waals surface area contributed by atoms with Gasteiger partial charge in [-0.05, 0) is 84.6 Å². The molecule has 5 aromatic rings. The van der Waals surface area contributed by atoms with Crippen molar-refractivity contribution in [2.75, 3.05) is 53.7 Å². The van der Waals surface area contributed by atoms with Crippen LogP contribution in [0.15, 0.2) is 48.5 Å². The Balaban J connectivity index is 0.903. The summed E-state index contributed by atoms with van der Waals surface area (Å²) >= 11 is 0. The van der Waals surface area contributed by atoms with Crippen LogP contribution in [0.2, 0.25) is 0 Å². The maximum atomic E-state index is 14.6. The number of ether oxygens (including phenoxy) is 5. The number of nitrogens with zero attached hydrogens (tertiary/aromatic N) is 4. The van der Waals surface area contributed by atoms with Gasteiger partial charge in [0.2, 0.25) is 11.8 Å². The van der Waals surface area contributed by atoms with Gasteiger partial charge in [0, 0.05) is 42.8 Å². The molecule has 16 nitrogen and oxygen atoms in total. The third-order valence-electron chi connectivity index (χ3n) is 14.3. The zero-order chi connectivity index (χ0) is 45.0. The Morgan fingerprint density at radius 1 is 0.846 bits per heavy atom. The van der Waals surface area contributed by atoms with Crippen LogP contribution in [0.3, 0.4) is 0 Å². The molecule has 0 saturated carbocycles. The van der Waals surface area contributed by atoms with Gasteiger partial charge in [-0.2, -0.15) is 0 Å². The first-order chi connectivity index (χ1) is 31.5. The molecule has 2 aromatic heterocycles. The predicted octanol–water partition coefficient (Wildman–Crippen LogP) is 6.54. The summed E-state index contributed by atoms with van der Waals surface area (Å²) in [5, 5.41) is 4.80. The van der Waals surface area contributed by atoms with Crippen LogP contribution in [0.5, 0.6) is 0 Å². The number of likely N-dealkylation sites (tertiary alicyclic amines) is 2. The Labute approximate surface area is 377 Å². The van der Waals surface area contributed by atoms with Gasteiger partial charge >= 0.3 is 12.1 Å². The first-order valence-corrected chi connectivity index (χ1v) is 23.1. The molecule has 4 aliphatic heterocycles.